The van der Waals surface area contributed by atoms with Gasteiger partial charge in [0.25, 0.3) is 5.91 Å². The Labute approximate surface area is 131 Å². The number of carbonyl (C=O) groups excluding carboxylic acids is 1. The average Bonchev–Trinajstić information content (AvgIpc) is 3.07. The van der Waals surface area contributed by atoms with Crippen molar-refractivity contribution in [3.8, 4) is 0 Å². The van der Waals surface area contributed by atoms with Gasteiger partial charge in [-0.2, -0.15) is 5.10 Å². The van der Waals surface area contributed by atoms with Crippen molar-refractivity contribution in [3.63, 3.8) is 0 Å². The van der Waals surface area contributed by atoms with Gasteiger partial charge < -0.3 is 0 Å². The Hall–Kier alpha value is -3.03. The largest absolute Gasteiger partial charge is 0.289 e. The Morgan fingerprint density at radius 3 is 2.78 bits per heavy atom. The number of amides is 1. The number of rotatable bonds is 4. The molecule has 0 aliphatic carbocycles. The predicted molar refractivity (Wildman–Crippen MR) is 81.4 cm³/mol. The van der Waals surface area contributed by atoms with E-state index in [0.29, 0.717) is 16.8 Å². The quantitative estimate of drug-likeness (QED) is 0.796. The molecule has 1 amide bonds. The van der Waals surface area contributed by atoms with Gasteiger partial charge in [0.2, 0.25) is 5.95 Å². The summed E-state index contributed by atoms with van der Waals surface area (Å²) in [7, 11) is 1.74. The molecule has 0 aliphatic rings. The molecule has 2 heterocycles. The third kappa shape index (κ3) is 3.25. The van der Waals surface area contributed by atoms with Gasteiger partial charge in [-0.25, -0.2) is 14.1 Å². The van der Waals surface area contributed by atoms with Crippen molar-refractivity contribution >= 4 is 11.9 Å². The summed E-state index contributed by atoms with van der Waals surface area (Å²) < 4.78 is 16.6. The minimum absolute atomic E-state index is 0.162. The monoisotopic (exact) mass is 314 g/mol. The zero-order valence-corrected chi connectivity index (χ0v) is 12.7. The minimum atomic E-state index is -0.334. The number of anilines is 1. The highest BCUT2D eigenvalue weighted by Crippen LogP contribution is 2.10. The van der Waals surface area contributed by atoms with E-state index in [1.165, 1.54) is 17.1 Å². The topological polar surface area (TPSA) is 77.6 Å². The zero-order chi connectivity index (χ0) is 16.4. The molecule has 0 spiro atoms. The van der Waals surface area contributed by atoms with E-state index >= 15 is 0 Å². The highest BCUT2D eigenvalue weighted by Gasteiger charge is 2.14. The van der Waals surface area contributed by atoms with Gasteiger partial charge >= 0.3 is 0 Å². The Morgan fingerprint density at radius 2 is 2.09 bits per heavy atom. The number of benzene rings is 1. The van der Waals surface area contributed by atoms with Crippen molar-refractivity contribution < 1.29 is 9.18 Å². The standard InChI is InChI=1S/C15H15FN6O/c1-10-12(8-21(2)19-10)14(23)18-15-17-9-22(20-15)7-11-5-3-4-6-13(11)16/h3-6,8-9H,7H2,1-2H3,(H,18,20,23). The second-order valence-corrected chi connectivity index (χ2v) is 5.11. The lowest BCUT2D eigenvalue weighted by Gasteiger charge is -2.02. The first-order chi connectivity index (χ1) is 11.0. The van der Waals surface area contributed by atoms with Crippen LogP contribution in [0.15, 0.2) is 36.8 Å². The zero-order valence-electron chi connectivity index (χ0n) is 12.7. The van der Waals surface area contributed by atoms with Crippen LogP contribution < -0.4 is 5.32 Å². The summed E-state index contributed by atoms with van der Waals surface area (Å²) in [4.78, 5) is 16.2. The van der Waals surface area contributed by atoms with Gasteiger partial charge in [0.05, 0.1) is 17.8 Å². The van der Waals surface area contributed by atoms with E-state index in [4.69, 9.17) is 0 Å². The van der Waals surface area contributed by atoms with Crippen LogP contribution in [0.2, 0.25) is 0 Å². The summed E-state index contributed by atoms with van der Waals surface area (Å²) in [6.45, 7) is 1.99. The first-order valence-electron chi connectivity index (χ1n) is 6.97. The molecule has 1 N–H and O–H groups in total. The Bertz CT molecular complexity index is 853. The Morgan fingerprint density at radius 1 is 1.30 bits per heavy atom. The van der Waals surface area contributed by atoms with Crippen molar-refractivity contribution in [2.75, 3.05) is 5.32 Å². The molecule has 0 atom stereocenters. The fraction of sp³-hybridized carbons (Fsp3) is 0.200. The van der Waals surface area contributed by atoms with Crippen molar-refractivity contribution in [2.24, 2.45) is 7.05 Å². The van der Waals surface area contributed by atoms with Crippen molar-refractivity contribution in [1.82, 2.24) is 24.5 Å². The lowest BCUT2D eigenvalue weighted by Crippen LogP contribution is -2.14. The molecule has 23 heavy (non-hydrogen) atoms. The summed E-state index contributed by atoms with van der Waals surface area (Å²) in [6.07, 6.45) is 3.07. The molecule has 2 aromatic heterocycles. The van der Waals surface area contributed by atoms with Gasteiger partial charge in [0.1, 0.15) is 12.1 Å². The SMILES string of the molecule is Cc1nn(C)cc1C(=O)Nc1ncn(Cc2ccccc2F)n1. The second kappa shape index (κ2) is 5.99. The Kier molecular flexibility index (Phi) is 3.88. The maximum absolute atomic E-state index is 13.6. The van der Waals surface area contributed by atoms with Gasteiger partial charge in [-0.15, -0.1) is 5.10 Å². The van der Waals surface area contributed by atoms with E-state index in [0.717, 1.165) is 0 Å². The summed E-state index contributed by atoms with van der Waals surface area (Å²) in [5.41, 5.74) is 1.58. The van der Waals surface area contributed by atoms with Crippen molar-refractivity contribution in [1.29, 1.82) is 0 Å². The van der Waals surface area contributed by atoms with Crippen LogP contribution in [-0.4, -0.2) is 30.5 Å². The van der Waals surface area contributed by atoms with E-state index in [2.05, 4.69) is 20.5 Å². The van der Waals surface area contributed by atoms with Crippen LogP contribution in [0.1, 0.15) is 21.6 Å². The number of hydrogen-bond acceptors (Lipinski definition) is 4. The molecule has 0 radical (unpaired) electrons. The predicted octanol–water partition coefficient (Wildman–Crippen LogP) is 1.76. The number of halogens is 1. The van der Waals surface area contributed by atoms with Gasteiger partial charge in [-0.1, -0.05) is 18.2 Å². The number of aryl methyl sites for hydroxylation is 2. The number of carbonyl (C=O) groups is 1. The van der Waals surface area contributed by atoms with Crippen LogP contribution in [0, 0.1) is 12.7 Å². The fourth-order valence-electron chi connectivity index (χ4n) is 2.22. The van der Waals surface area contributed by atoms with E-state index < -0.39 is 0 Å². The molecule has 0 fully saturated rings. The van der Waals surface area contributed by atoms with Crippen molar-refractivity contribution in [3.05, 3.63) is 59.4 Å². The molecule has 0 aliphatic heterocycles. The second-order valence-electron chi connectivity index (χ2n) is 5.11. The van der Waals surface area contributed by atoms with E-state index in [1.807, 2.05) is 0 Å². The van der Waals surface area contributed by atoms with Crippen LogP contribution in [0.25, 0.3) is 0 Å². The molecule has 1 aromatic carbocycles. The number of nitrogens with one attached hydrogen (secondary N) is 1. The maximum atomic E-state index is 13.6. The van der Waals surface area contributed by atoms with Crippen LogP contribution in [-0.2, 0) is 13.6 Å². The Balaban J connectivity index is 1.71. The minimum Gasteiger partial charge on any atom is -0.289 e. The number of nitrogens with zero attached hydrogens (tertiary/aromatic N) is 5. The van der Waals surface area contributed by atoms with Crippen LogP contribution in [0.5, 0.6) is 0 Å². The molecule has 0 bridgehead atoms. The van der Waals surface area contributed by atoms with E-state index in [-0.39, 0.29) is 24.2 Å². The van der Waals surface area contributed by atoms with Crippen molar-refractivity contribution in [2.45, 2.75) is 13.5 Å². The molecule has 3 rings (SSSR count). The summed E-state index contributed by atoms with van der Waals surface area (Å²) in [5.74, 6) is -0.478. The molecule has 118 valence electrons. The smallest absolute Gasteiger partial charge is 0.261 e. The number of aromatic nitrogens is 5. The first-order valence-corrected chi connectivity index (χ1v) is 6.97. The summed E-state index contributed by atoms with van der Waals surface area (Å²) in [6, 6.07) is 6.44. The molecule has 0 saturated heterocycles. The van der Waals surface area contributed by atoms with E-state index in [9.17, 15) is 9.18 Å². The molecule has 7 nitrogen and oxygen atoms in total. The fourth-order valence-corrected chi connectivity index (χ4v) is 2.22. The van der Waals surface area contributed by atoms with Gasteiger partial charge in [0, 0.05) is 18.8 Å². The van der Waals surface area contributed by atoms with Gasteiger partial charge in [-0.3, -0.25) is 14.8 Å². The molecule has 0 unspecified atom stereocenters. The first kappa shape index (κ1) is 14.9. The van der Waals surface area contributed by atoms with Crippen LogP contribution in [0.4, 0.5) is 10.3 Å². The highest BCUT2D eigenvalue weighted by molar-refractivity contribution is 6.03. The lowest BCUT2D eigenvalue weighted by molar-refractivity contribution is 0.102. The molecule has 0 saturated carbocycles. The lowest BCUT2D eigenvalue weighted by atomic mass is 10.2. The maximum Gasteiger partial charge on any atom is 0.261 e. The van der Waals surface area contributed by atoms with E-state index in [1.54, 1.807) is 43.0 Å². The average molecular weight is 314 g/mol. The summed E-state index contributed by atoms with van der Waals surface area (Å²) in [5, 5.41) is 10.8. The third-order valence-electron chi connectivity index (χ3n) is 3.31. The third-order valence-corrected chi connectivity index (χ3v) is 3.31. The molecular weight excluding hydrogens is 299 g/mol. The summed E-state index contributed by atoms with van der Waals surface area (Å²) >= 11 is 0. The number of hydrogen-bond donors (Lipinski definition) is 1. The highest BCUT2D eigenvalue weighted by atomic mass is 19.1. The molecule has 8 heteroatoms. The van der Waals surface area contributed by atoms with Gasteiger partial charge in [-0.05, 0) is 13.0 Å². The van der Waals surface area contributed by atoms with Crippen LogP contribution >= 0.6 is 0 Å². The molecule has 3 aromatic rings. The van der Waals surface area contributed by atoms with Crippen LogP contribution in [0.3, 0.4) is 0 Å². The molecular formula is C15H15FN6O. The normalized spacial score (nSPS) is 10.7. The van der Waals surface area contributed by atoms with Gasteiger partial charge in [0.15, 0.2) is 0 Å².